The van der Waals surface area contributed by atoms with Gasteiger partial charge in [-0.1, -0.05) is 6.07 Å². The number of rotatable bonds is 2. The third-order valence-corrected chi connectivity index (χ3v) is 3.65. The van der Waals surface area contributed by atoms with Gasteiger partial charge in [-0.25, -0.2) is 4.39 Å². The fourth-order valence-corrected chi connectivity index (χ4v) is 2.66. The molecular weight excluding hydrogens is 313 g/mol. The molecule has 0 aliphatic carbocycles. The Bertz CT molecular complexity index is 975. The average Bonchev–Trinajstić information content (AvgIpc) is 2.78. The second-order valence-corrected chi connectivity index (χ2v) is 5.36. The standard InChI is InChI=1S/C18H14FNO4/c1-10-17(24-11(2)21)15-9-14(22)6-7-16(15)20(10)18(23)12-4-3-5-13(19)8-12/h3-9,22H,1-2H3. The fraction of sp³-hybridized carbons (Fsp3) is 0.111. The van der Waals surface area contributed by atoms with Crippen LogP contribution in [0.2, 0.25) is 0 Å². The molecule has 3 aromatic rings. The Labute approximate surface area is 136 Å². The van der Waals surface area contributed by atoms with Crippen LogP contribution >= 0.6 is 0 Å². The van der Waals surface area contributed by atoms with Crippen LogP contribution in [0.4, 0.5) is 4.39 Å². The van der Waals surface area contributed by atoms with E-state index in [2.05, 4.69) is 0 Å². The number of hydrogen-bond acceptors (Lipinski definition) is 4. The van der Waals surface area contributed by atoms with Crippen LogP contribution in [0.15, 0.2) is 42.5 Å². The lowest BCUT2D eigenvalue weighted by atomic mass is 10.2. The Morgan fingerprint density at radius 3 is 2.58 bits per heavy atom. The molecule has 24 heavy (non-hydrogen) atoms. The summed E-state index contributed by atoms with van der Waals surface area (Å²) in [5, 5.41) is 10.1. The lowest BCUT2D eigenvalue weighted by Crippen LogP contribution is -2.14. The molecule has 122 valence electrons. The summed E-state index contributed by atoms with van der Waals surface area (Å²) in [6.45, 7) is 2.87. The van der Waals surface area contributed by atoms with Crippen molar-refractivity contribution < 1.29 is 23.8 Å². The molecule has 1 heterocycles. The number of carbonyl (C=O) groups is 2. The predicted octanol–water partition coefficient (Wildman–Crippen LogP) is 3.41. The van der Waals surface area contributed by atoms with Crippen LogP contribution in [0, 0.1) is 12.7 Å². The minimum atomic E-state index is -0.543. The summed E-state index contributed by atoms with van der Waals surface area (Å²) >= 11 is 0. The molecular formula is C18H14FNO4. The molecule has 1 N–H and O–H groups in total. The zero-order valence-corrected chi connectivity index (χ0v) is 13.0. The molecule has 1 aromatic heterocycles. The van der Waals surface area contributed by atoms with Gasteiger partial charge in [0.05, 0.1) is 11.2 Å². The number of fused-ring (bicyclic) bond motifs is 1. The normalized spacial score (nSPS) is 10.8. The van der Waals surface area contributed by atoms with Crippen molar-refractivity contribution >= 4 is 22.8 Å². The summed E-state index contributed by atoms with van der Waals surface area (Å²) < 4.78 is 20.0. The number of aromatic nitrogens is 1. The molecule has 5 nitrogen and oxygen atoms in total. The minimum absolute atomic E-state index is 0.0220. The molecule has 0 bridgehead atoms. The van der Waals surface area contributed by atoms with Crippen molar-refractivity contribution in [3.05, 3.63) is 59.5 Å². The zero-order chi connectivity index (χ0) is 17.4. The number of carbonyl (C=O) groups excluding carboxylic acids is 2. The largest absolute Gasteiger partial charge is 0.508 e. The van der Waals surface area contributed by atoms with E-state index in [1.807, 2.05) is 0 Å². The van der Waals surface area contributed by atoms with E-state index in [-0.39, 0.29) is 17.1 Å². The van der Waals surface area contributed by atoms with Crippen molar-refractivity contribution in [2.75, 3.05) is 0 Å². The minimum Gasteiger partial charge on any atom is -0.508 e. The van der Waals surface area contributed by atoms with E-state index in [9.17, 15) is 19.1 Å². The summed E-state index contributed by atoms with van der Waals surface area (Å²) in [6.07, 6.45) is 0. The van der Waals surface area contributed by atoms with E-state index in [0.717, 1.165) is 6.07 Å². The zero-order valence-electron chi connectivity index (χ0n) is 13.0. The molecule has 0 amide bonds. The first-order valence-corrected chi connectivity index (χ1v) is 7.21. The number of esters is 1. The van der Waals surface area contributed by atoms with Crippen molar-refractivity contribution in [2.24, 2.45) is 0 Å². The number of hydrogen-bond donors (Lipinski definition) is 1. The van der Waals surface area contributed by atoms with Gasteiger partial charge in [0.1, 0.15) is 11.6 Å². The summed E-state index contributed by atoms with van der Waals surface area (Å²) in [6, 6.07) is 9.72. The third-order valence-electron chi connectivity index (χ3n) is 3.65. The number of nitrogens with zero attached hydrogens (tertiary/aromatic N) is 1. The number of phenols is 1. The van der Waals surface area contributed by atoms with Gasteiger partial charge < -0.3 is 9.84 Å². The highest BCUT2D eigenvalue weighted by molar-refractivity contribution is 6.05. The van der Waals surface area contributed by atoms with E-state index >= 15 is 0 Å². The van der Waals surface area contributed by atoms with Crippen molar-refractivity contribution in [3.63, 3.8) is 0 Å². The number of phenolic OH excluding ortho intramolecular Hbond substituents is 1. The average molecular weight is 327 g/mol. The molecule has 0 unspecified atom stereocenters. The highest BCUT2D eigenvalue weighted by Gasteiger charge is 2.22. The lowest BCUT2D eigenvalue weighted by Gasteiger charge is -2.07. The Hall–Kier alpha value is -3.15. The lowest BCUT2D eigenvalue weighted by molar-refractivity contribution is -0.131. The van der Waals surface area contributed by atoms with E-state index in [1.54, 1.807) is 13.0 Å². The van der Waals surface area contributed by atoms with Gasteiger partial charge in [0.25, 0.3) is 5.91 Å². The number of aromatic hydroxyl groups is 1. The van der Waals surface area contributed by atoms with Gasteiger partial charge in [-0.3, -0.25) is 14.2 Å². The smallest absolute Gasteiger partial charge is 0.308 e. The number of ether oxygens (including phenoxy) is 1. The van der Waals surface area contributed by atoms with Crippen LogP contribution in [-0.2, 0) is 4.79 Å². The van der Waals surface area contributed by atoms with Crippen LogP contribution in [0.3, 0.4) is 0 Å². The van der Waals surface area contributed by atoms with Crippen molar-refractivity contribution in [2.45, 2.75) is 13.8 Å². The van der Waals surface area contributed by atoms with E-state index < -0.39 is 17.7 Å². The van der Waals surface area contributed by atoms with E-state index in [1.165, 1.54) is 41.8 Å². The van der Waals surface area contributed by atoms with E-state index in [4.69, 9.17) is 4.74 Å². The topological polar surface area (TPSA) is 68.5 Å². The first-order valence-electron chi connectivity index (χ1n) is 7.21. The maximum absolute atomic E-state index is 13.4. The highest BCUT2D eigenvalue weighted by Crippen LogP contribution is 2.35. The Balaban J connectivity index is 2.26. The third kappa shape index (κ3) is 2.62. The molecule has 0 aliphatic rings. The van der Waals surface area contributed by atoms with Crippen LogP contribution in [0.25, 0.3) is 10.9 Å². The SMILES string of the molecule is CC(=O)Oc1c(C)n(C(=O)c2cccc(F)c2)c2ccc(O)cc12. The van der Waals surface area contributed by atoms with Gasteiger partial charge >= 0.3 is 5.97 Å². The molecule has 0 radical (unpaired) electrons. The van der Waals surface area contributed by atoms with Crippen molar-refractivity contribution in [3.8, 4) is 11.5 Å². The van der Waals surface area contributed by atoms with Gasteiger partial charge in [0.15, 0.2) is 5.75 Å². The molecule has 0 saturated carbocycles. The van der Waals surface area contributed by atoms with E-state index in [0.29, 0.717) is 16.6 Å². The molecule has 0 atom stereocenters. The molecule has 0 spiro atoms. The second kappa shape index (κ2) is 5.81. The van der Waals surface area contributed by atoms with Gasteiger partial charge in [-0.05, 0) is 43.3 Å². The maximum atomic E-state index is 13.4. The maximum Gasteiger partial charge on any atom is 0.308 e. The monoisotopic (exact) mass is 327 g/mol. The summed E-state index contributed by atoms with van der Waals surface area (Å²) in [5.41, 5.74) is 1.01. The van der Waals surface area contributed by atoms with Gasteiger partial charge in [-0.2, -0.15) is 0 Å². The Kier molecular flexibility index (Phi) is 3.81. The van der Waals surface area contributed by atoms with Gasteiger partial charge in [-0.15, -0.1) is 0 Å². The Morgan fingerprint density at radius 1 is 1.17 bits per heavy atom. The Morgan fingerprint density at radius 2 is 1.92 bits per heavy atom. The van der Waals surface area contributed by atoms with Crippen molar-refractivity contribution in [1.82, 2.24) is 4.57 Å². The first kappa shape index (κ1) is 15.7. The predicted molar refractivity (Wildman–Crippen MR) is 85.8 cm³/mol. The van der Waals surface area contributed by atoms with Gasteiger partial charge in [0.2, 0.25) is 0 Å². The molecule has 0 aliphatic heterocycles. The van der Waals surface area contributed by atoms with Crippen LogP contribution in [-0.4, -0.2) is 21.6 Å². The van der Waals surface area contributed by atoms with Crippen molar-refractivity contribution in [1.29, 1.82) is 0 Å². The molecule has 0 saturated heterocycles. The molecule has 2 aromatic carbocycles. The fourth-order valence-electron chi connectivity index (χ4n) is 2.66. The molecule has 0 fully saturated rings. The summed E-state index contributed by atoms with van der Waals surface area (Å²) in [4.78, 5) is 24.2. The molecule has 3 rings (SSSR count). The molecule has 6 heteroatoms. The second-order valence-electron chi connectivity index (χ2n) is 5.36. The van der Waals surface area contributed by atoms with Crippen LogP contribution in [0.1, 0.15) is 23.0 Å². The van der Waals surface area contributed by atoms with Crippen LogP contribution in [0.5, 0.6) is 11.5 Å². The first-order chi connectivity index (χ1) is 11.4. The van der Waals surface area contributed by atoms with Crippen LogP contribution < -0.4 is 4.74 Å². The highest BCUT2D eigenvalue weighted by atomic mass is 19.1. The summed E-state index contributed by atoms with van der Waals surface area (Å²) in [7, 11) is 0. The number of benzene rings is 2. The number of halogens is 1. The quantitative estimate of drug-likeness (QED) is 0.732. The van der Waals surface area contributed by atoms with Gasteiger partial charge in [0, 0.05) is 17.9 Å². The summed E-state index contributed by atoms with van der Waals surface area (Å²) in [5.74, 6) is -1.35.